The van der Waals surface area contributed by atoms with Crippen LogP contribution in [0.2, 0.25) is 0 Å². The molecule has 0 saturated carbocycles. The van der Waals surface area contributed by atoms with Crippen molar-refractivity contribution in [1.82, 2.24) is 5.32 Å². The molecule has 0 saturated heterocycles. The van der Waals surface area contributed by atoms with Crippen LogP contribution in [0.3, 0.4) is 0 Å². The first-order valence-electron chi connectivity index (χ1n) is 4.59. The van der Waals surface area contributed by atoms with E-state index in [4.69, 9.17) is 5.11 Å². The molecule has 0 heterocycles. The molecule has 0 aliphatic rings. The molecule has 0 aromatic heterocycles. The summed E-state index contributed by atoms with van der Waals surface area (Å²) in [5.74, 6) is -0.646. The number of hydrogen-bond donors (Lipinski definition) is 2. The Morgan fingerprint density at radius 2 is 2.12 bits per heavy atom. The number of carbonyl (C=O) groups excluding carboxylic acids is 1. The topological polar surface area (TPSA) is 49.3 Å². The van der Waals surface area contributed by atoms with Gasteiger partial charge in [0.2, 0.25) is 0 Å². The fourth-order valence-electron chi connectivity index (χ4n) is 1.04. The summed E-state index contributed by atoms with van der Waals surface area (Å²) in [7, 11) is 0. The highest BCUT2D eigenvalue weighted by Crippen LogP contribution is 2.19. The molecule has 7 heteroatoms. The van der Waals surface area contributed by atoms with Gasteiger partial charge in [-0.15, -0.1) is 0 Å². The van der Waals surface area contributed by atoms with Crippen molar-refractivity contribution >= 4 is 28.5 Å². The fourth-order valence-corrected chi connectivity index (χ4v) is 1.58. The van der Waals surface area contributed by atoms with Gasteiger partial charge in [-0.3, -0.25) is 4.79 Å². The monoisotopic (exact) mass is 359 g/mol. The highest BCUT2D eigenvalue weighted by molar-refractivity contribution is 14.1. The molecule has 1 aromatic carbocycles. The van der Waals surface area contributed by atoms with Crippen LogP contribution in [0.4, 0.5) is 13.2 Å². The first-order chi connectivity index (χ1) is 7.80. The number of halogens is 4. The van der Waals surface area contributed by atoms with Gasteiger partial charge in [0.1, 0.15) is 0 Å². The molecule has 0 aliphatic carbocycles. The average molecular weight is 359 g/mol. The first kappa shape index (κ1) is 14.2. The molecular formula is C10H9F3INO2. The summed E-state index contributed by atoms with van der Waals surface area (Å²) >= 11 is 1.98. The summed E-state index contributed by atoms with van der Waals surface area (Å²) in [5.41, 5.74) is 0.256. The standard InChI is InChI=1S/C10H9F3INO2/c11-10(12,13)8(16)5-15-9(17)6-2-1-3-7(14)4-6/h1-4,8,16H,5H2,(H,15,17). The Labute approximate surface area is 109 Å². The quantitative estimate of drug-likeness (QED) is 0.811. The van der Waals surface area contributed by atoms with Gasteiger partial charge in [0.25, 0.3) is 5.91 Å². The molecule has 2 N–H and O–H groups in total. The van der Waals surface area contributed by atoms with Gasteiger partial charge in [0.15, 0.2) is 6.10 Å². The largest absolute Gasteiger partial charge is 0.416 e. The highest BCUT2D eigenvalue weighted by atomic mass is 127. The van der Waals surface area contributed by atoms with Crippen molar-refractivity contribution in [3.63, 3.8) is 0 Å². The van der Waals surface area contributed by atoms with Gasteiger partial charge in [0.05, 0.1) is 6.54 Å². The minimum atomic E-state index is -4.72. The van der Waals surface area contributed by atoms with Crippen LogP contribution in [-0.4, -0.2) is 29.8 Å². The zero-order valence-electron chi connectivity index (χ0n) is 8.46. The molecule has 0 bridgehead atoms. The van der Waals surface area contributed by atoms with E-state index in [-0.39, 0.29) is 5.56 Å². The van der Waals surface area contributed by atoms with Gasteiger partial charge >= 0.3 is 6.18 Å². The smallest absolute Gasteiger partial charge is 0.382 e. The molecule has 1 unspecified atom stereocenters. The maximum Gasteiger partial charge on any atom is 0.416 e. The number of alkyl halides is 3. The number of rotatable bonds is 3. The minimum Gasteiger partial charge on any atom is -0.382 e. The number of benzene rings is 1. The van der Waals surface area contributed by atoms with Crippen molar-refractivity contribution in [2.45, 2.75) is 12.3 Å². The maximum absolute atomic E-state index is 12.0. The Kier molecular flexibility index (Phi) is 4.75. The van der Waals surface area contributed by atoms with Gasteiger partial charge in [-0.05, 0) is 40.8 Å². The van der Waals surface area contributed by atoms with E-state index >= 15 is 0 Å². The second-order valence-corrected chi connectivity index (χ2v) is 4.52. The van der Waals surface area contributed by atoms with E-state index in [9.17, 15) is 18.0 Å². The number of aliphatic hydroxyl groups excluding tert-OH is 1. The zero-order chi connectivity index (χ0) is 13.1. The van der Waals surface area contributed by atoms with E-state index in [1.54, 1.807) is 12.1 Å². The van der Waals surface area contributed by atoms with Gasteiger partial charge in [-0.2, -0.15) is 13.2 Å². The molecule has 1 amide bonds. The van der Waals surface area contributed by atoms with Crippen molar-refractivity contribution in [1.29, 1.82) is 0 Å². The number of amides is 1. The van der Waals surface area contributed by atoms with Crippen LogP contribution < -0.4 is 5.32 Å². The number of aliphatic hydroxyl groups is 1. The molecule has 3 nitrogen and oxygen atoms in total. The number of nitrogens with one attached hydrogen (secondary N) is 1. The number of carbonyl (C=O) groups is 1. The third-order valence-corrected chi connectivity index (χ3v) is 2.59. The van der Waals surface area contributed by atoms with Gasteiger partial charge in [-0.25, -0.2) is 0 Å². The van der Waals surface area contributed by atoms with Crippen LogP contribution in [0.5, 0.6) is 0 Å². The van der Waals surface area contributed by atoms with Crippen LogP contribution in [0.1, 0.15) is 10.4 Å². The van der Waals surface area contributed by atoms with Crippen molar-refractivity contribution in [2.24, 2.45) is 0 Å². The van der Waals surface area contributed by atoms with Gasteiger partial charge in [-0.1, -0.05) is 6.07 Å². The second kappa shape index (κ2) is 5.67. The predicted molar refractivity (Wildman–Crippen MR) is 63.6 cm³/mol. The van der Waals surface area contributed by atoms with Crippen LogP contribution in [0.25, 0.3) is 0 Å². The van der Waals surface area contributed by atoms with E-state index in [2.05, 4.69) is 0 Å². The van der Waals surface area contributed by atoms with Crippen molar-refractivity contribution in [3.8, 4) is 0 Å². The van der Waals surface area contributed by atoms with Gasteiger partial charge < -0.3 is 10.4 Å². The summed E-state index contributed by atoms with van der Waals surface area (Å²) in [6.07, 6.45) is -7.27. The van der Waals surface area contributed by atoms with Crippen LogP contribution in [-0.2, 0) is 0 Å². The maximum atomic E-state index is 12.0. The van der Waals surface area contributed by atoms with Crippen LogP contribution in [0.15, 0.2) is 24.3 Å². The summed E-state index contributed by atoms with van der Waals surface area (Å²) in [5, 5.41) is 10.7. The average Bonchev–Trinajstić information content (AvgIpc) is 2.24. The third-order valence-electron chi connectivity index (χ3n) is 1.92. The lowest BCUT2D eigenvalue weighted by Crippen LogP contribution is -2.40. The molecule has 0 radical (unpaired) electrons. The molecule has 17 heavy (non-hydrogen) atoms. The van der Waals surface area contributed by atoms with E-state index < -0.39 is 24.7 Å². The van der Waals surface area contributed by atoms with Crippen LogP contribution >= 0.6 is 22.6 Å². The Bertz CT molecular complexity index is 409. The molecule has 1 atom stereocenters. The molecule has 94 valence electrons. The van der Waals surface area contributed by atoms with E-state index in [0.717, 1.165) is 3.57 Å². The lowest BCUT2D eigenvalue weighted by atomic mass is 10.2. The molecule has 1 aromatic rings. The lowest BCUT2D eigenvalue weighted by Gasteiger charge is -2.14. The molecule has 0 spiro atoms. The summed E-state index contributed by atoms with van der Waals surface area (Å²) < 4.78 is 36.7. The third kappa shape index (κ3) is 4.50. The van der Waals surface area contributed by atoms with E-state index in [1.807, 2.05) is 27.9 Å². The summed E-state index contributed by atoms with van der Waals surface area (Å²) in [4.78, 5) is 11.4. The Morgan fingerprint density at radius 1 is 1.47 bits per heavy atom. The molecular weight excluding hydrogens is 350 g/mol. The predicted octanol–water partition coefficient (Wildman–Crippen LogP) is 1.94. The summed E-state index contributed by atoms with van der Waals surface area (Å²) in [6.45, 7) is -0.853. The molecule has 1 rings (SSSR count). The van der Waals surface area contributed by atoms with Crippen molar-refractivity contribution in [3.05, 3.63) is 33.4 Å². The SMILES string of the molecule is O=C(NCC(O)C(F)(F)F)c1cccc(I)c1. The zero-order valence-corrected chi connectivity index (χ0v) is 10.6. The normalized spacial score (nSPS) is 13.2. The Hall–Kier alpha value is -0.830. The van der Waals surface area contributed by atoms with E-state index in [1.165, 1.54) is 12.1 Å². The first-order valence-corrected chi connectivity index (χ1v) is 5.67. The second-order valence-electron chi connectivity index (χ2n) is 3.28. The van der Waals surface area contributed by atoms with Crippen LogP contribution in [0, 0.1) is 3.57 Å². The Balaban J connectivity index is 2.57. The number of hydrogen-bond acceptors (Lipinski definition) is 2. The minimum absolute atomic E-state index is 0.256. The van der Waals surface area contributed by atoms with Gasteiger partial charge in [0, 0.05) is 9.13 Å². The van der Waals surface area contributed by atoms with Crippen molar-refractivity contribution in [2.75, 3.05) is 6.54 Å². The Morgan fingerprint density at radius 3 is 2.65 bits per heavy atom. The highest BCUT2D eigenvalue weighted by Gasteiger charge is 2.38. The summed E-state index contributed by atoms with van der Waals surface area (Å²) in [6, 6.07) is 6.39. The lowest BCUT2D eigenvalue weighted by molar-refractivity contribution is -0.201. The van der Waals surface area contributed by atoms with E-state index in [0.29, 0.717) is 0 Å². The molecule has 0 aliphatic heterocycles. The van der Waals surface area contributed by atoms with Crippen molar-refractivity contribution < 1.29 is 23.1 Å². The molecule has 0 fully saturated rings. The fraction of sp³-hybridized carbons (Fsp3) is 0.300.